The lowest BCUT2D eigenvalue weighted by molar-refractivity contribution is -0.116. The SMILES string of the molecule is CC(C)(C)c1ccc(S(=O)(=O)Nc2ccc3c(c2)NC(=O)CC3)cc1. The first-order chi connectivity index (χ1) is 11.6. The fourth-order valence-corrected chi connectivity index (χ4v) is 3.83. The number of carbonyl (C=O) groups is 1. The summed E-state index contributed by atoms with van der Waals surface area (Å²) in [5, 5.41) is 2.78. The Bertz CT molecular complexity index is 911. The van der Waals surface area contributed by atoms with Gasteiger partial charge in [0.1, 0.15) is 0 Å². The highest BCUT2D eigenvalue weighted by atomic mass is 32.2. The Labute approximate surface area is 148 Å². The molecule has 132 valence electrons. The van der Waals surface area contributed by atoms with Crippen molar-refractivity contribution < 1.29 is 13.2 Å². The van der Waals surface area contributed by atoms with Crippen LogP contribution in [-0.4, -0.2) is 14.3 Å². The summed E-state index contributed by atoms with van der Waals surface area (Å²) in [5.41, 5.74) is 3.15. The Hall–Kier alpha value is -2.34. The van der Waals surface area contributed by atoms with Crippen LogP contribution in [0.5, 0.6) is 0 Å². The van der Waals surface area contributed by atoms with Gasteiger partial charge in [-0.15, -0.1) is 0 Å². The molecule has 2 aromatic carbocycles. The van der Waals surface area contributed by atoms with Crippen molar-refractivity contribution in [1.29, 1.82) is 0 Å². The molecule has 1 aliphatic heterocycles. The van der Waals surface area contributed by atoms with E-state index >= 15 is 0 Å². The average Bonchev–Trinajstić information content (AvgIpc) is 2.53. The predicted molar refractivity (Wildman–Crippen MR) is 99.3 cm³/mol. The number of carbonyl (C=O) groups excluding carboxylic acids is 1. The summed E-state index contributed by atoms with van der Waals surface area (Å²) in [6.45, 7) is 6.24. The zero-order valence-electron chi connectivity index (χ0n) is 14.6. The zero-order chi connectivity index (χ0) is 18.2. The van der Waals surface area contributed by atoms with Gasteiger partial charge in [0.2, 0.25) is 5.91 Å². The van der Waals surface area contributed by atoms with E-state index in [1.807, 2.05) is 18.2 Å². The molecule has 0 unspecified atom stereocenters. The first kappa shape index (κ1) is 17.5. The second-order valence-corrected chi connectivity index (χ2v) is 8.98. The van der Waals surface area contributed by atoms with Gasteiger partial charge in [-0.2, -0.15) is 0 Å². The van der Waals surface area contributed by atoms with Crippen molar-refractivity contribution in [2.45, 2.75) is 43.9 Å². The number of aryl methyl sites for hydroxylation is 1. The van der Waals surface area contributed by atoms with Crippen molar-refractivity contribution in [1.82, 2.24) is 0 Å². The summed E-state index contributed by atoms with van der Waals surface area (Å²) >= 11 is 0. The van der Waals surface area contributed by atoms with Crippen LogP contribution in [0.15, 0.2) is 47.4 Å². The van der Waals surface area contributed by atoms with Crippen LogP contribution in [0.25, 0.3) is 0 Å². The fourth-order valence-electron chi connectivity index (χ4n) is 2.78. The van der Waals surface area contributed by atoms with Gasteiger partial charge in [-0.25, -0.2) is 8.42 Å². The maximum Gasteiger partial charge on any atom is 0.261 e. The van der Waals surface area contributed by atoms with E-state index in [9.17, 15) is 13.2 Å². The molecule has 0 radical (unpaired) electrons. The molecule has 1 amide bonds. The molecule has 2 N–H and O–H groups in total. The maximum absolute atomic E-state index is 12.6. The summed E-state index contributed by atoms with van der Waals surface area (Å²) in [7, 11) is -3.68. The number of fused-ring (bicyclic) bond motifs is 1. The summed E-state index contributed by atoms with van der Waals surface area (Å²) < 4.78 is 27.8. The van der Waals surface area contributed by atoms with Crippen LogP contribution in [0, 0.1) is 0 Å². The van der Waals surface area contributed by atoms with E-state index in [4.69, 9.17) is 0 Å². The van der Waals surface area contributed by atoms with Crippen LogP contribution >= 0.6 is 0 Å². The number of rotatable bonds is 3. The fraction of sp³-hybridized carbons (Fsp3) is 0.316. The molecule has 0 spiro atoms. The Morgan fingerprint density at radius 2 is 1.68 bits per heavy atom. The second-order valence-electron chi connectivity index (χ2n) is 7.30. The normalized spacial score (nSPS) is 14.6. The molecule has 6 heteroatoms. The summed E-state index contributed by atoms with van der Waals surface area (Å²) in [4.78, 5) is 11.7. The number of hydrogen-bond donors (Lipinski definition) is 2. The number of sulfonamides is 1. The first-order valence-electron chi connectivity index (χ1n) is 8.21. The summed E-state index contributed by atoms with van der Waals surface area (Å²) in [5.74, 6) is -0.0507. The van der Waals surface area contributed by atoms with Gasteiger partial charge in [0, 0.05) is 12.1 Å². The van der Waals surface area contributed by atoms with Crippen molar-refractivity contribution in [3.63, 3.8) is 0 Å². The third-order valence-electron chi connectivity index (χ3n) is 4.29. The molecule has 3 rings (SSSR count). The minimum atomic E-state index is -3.68. The number of anilines is 2. The molecule has 0 bridgehead atoms. The van der Waals surface area contributed by atoms with Crippen molar-refractivity contribution in [3.8, 4) is 0 Å². The molecule has 1 aliphatic rings. The number of nitrogens with one attached hydrogen (secondary N) is 2. The van der Waals surface area contributed by atoms with Crippen molar-refractivity contribution in [2.24, 2.45) is 0 Å². The molecule has 1 heterocycles. The smallest absolute Gasteiger partial charge is 0.261 e. The van der Waals surface area contributed by atoms with Crippen LogP contribution in [-0.2, 0) is 26.7 Å². The molecule has 5 nitrogen and oxygen atoms in total. The molecular weight excluding hydrogens is 336 g/mol. The lowest BCUT2D eigenvalue weighted by atomic mass is 9.87. The van der Waals surface area contributed by atoms with E-state index in [2.05, 4.69) is 30.8 Å². The Balaban J connectivity index is 1.84. The maximum atomic E-state index is 12.6. The second kappa shape index (κ2) is 6.19. The standard InChI is InChI=1S/C19H22N2O3S/c1-19(2,3)14-6-9-16(10-7-14)25(23,24)21-15-8-4-13-5-11-18(22)20-17(13)12-15/h4,6-10,12,21H,5,11H2,1-3H3,(H,20,22). The van der Waals surface area contributed by atoms with Gasteiger partial charge < -0.3 is 5.32 Å². The van der Waals surface area contributed by atoms with Gasteiger partial charge in [0.05, 0.1) is 10.6 Å². The Morgan fingerprint density at radius 1 is 1.00 bits per heavy atom. The molecule has 0 fully saturated rings. The van der Waals surface area contributed by atoms with E-state index in [0.29, 0.717) is 24.2 Å². The molecule has 2 aromatic rings. The van der Waals surface area contributed by atoms with E-state index in [-0.39, 0.29) is 16.2 Å². The molecule has 25 heavy (non-hydrogen) atoms. The lowest BCUT2D eigenvalue weighted by Gasteiger charge is -2.20. The lowest BCUT2D eigenvalue weighted by Crippen LogP contribution is -2.19. The number of benzene rings is 2. The largest absolute Gasteiger partial charge is 0.326 e. The van der Waals surface area contributed by atoms with E-state index in [1.165, 1.54) is 0 Å². The summed E-state index contributed by atoms with van der Waals surface area (Å²) in [6.07, 6.45) is 1.13. The highest BCUT2D eigenvalue weighted by Crippen LogP contribution is 2.28. The van der Waals surface area contributed by atoms with Crippen LogP contribution in [0.3, 0.4) is 0 Å². The molecule has 0 aromatic heterocycles. The average molecular weight is 358 g/mol. The number of hydrogen-bond acceptors (Lipinski definition) is 3. The molecule has 0 saturated carbocycles. The van der Waals surface area contributed by atoms with Crippen molar-refractivity contribution in [3.05, 3.63) is 53.6 Å². The minimum Gasteiger partial charge on any atom is -0.326 e. The van der Waals surface area contributed by atoms with E-state index in [1.54, 1.807) is 24.3 Å². The molecular formula is C19H22N2O3S. The van der Waals surface area contributed by atoms with Crippen LogP contribution in [0.4, 0.5) is 11.4 Å². The molecule has 0 atom stereocenters. The molecule has 0 aliphatic carbocycles. The predicted octanol–water partition coefficient (Wildman–Crippen LogP) is 3.67. The van der Waals surface area contributed by atoms with Crippen LogP contribution < -0.4 is 10.0 Å². The van der Waals surface area contributed by atoms with Crippen molar-refractivity contribution in [2.75, 3.05) is 10.0 Å². The van der Waals surface area contributed by atoms with Gasteiger partial charge in [-0.3, -0.25) is 9.52 Å². The monoisotopic (exact) mass is 358 g/mol. The van der Waals surface area contributed by atoms with Gasteiger partial charge in [0.25, 0.3) is 10.0 Å². The van der Waals surface area contributed by atoms with E-state index < -0.39 is 10.0 Å². The van der Waals surface area contributed by atoms with E-state index in [0.717, 1.165) is 11.1 Å². The minimum absolute atomic E-state index is 0.0353. The summed E-state index contributed by atoms with van der Waals surface area (Å²) in [6, 6.07) is 12.1. The van der Waals surface area contributed by atoms with Crippen LogP contribution in [0.1, 0.15) is 38.3 Å². The highest BCUT2D eigenvalue weighted by Gasteiger charge is 2.19. The van der Waals surface area contributed by atoms with Gasteiger partial charge in [0.15, 0.2) is 0 Å². The zero-order valence-corrected chi connectivity index (χ0v) is 15.4. The number of amides is 1. The molecule has 0 saturated heterocycles. The van der Waals surface area contributed by atoms with Gasteiger partial charge in [-0.05, 0) is 47.2 Å². The van der Waals surface area contributed by atoms with Crippen molar-refractivity contribution >= 4 is 27.3 Å². The highest BCUT2D eigenvalue weighted by molar-refractivity contribution is 7.92. The Kier molecular flexibility index (Phi) is 4.33. The Morgan fingerprint density at radius 3 is 2.32 bits per heavy atom. The first-order valence-corrected chi connectivity index (χ1v) is 9.70. The van der Waals surface area contributed by atoms with Crippen LogP contribution in [0.2, 0.25) is 0 Å². The third-order valence-corrected chi connectivity index (χ3v) is 5.69. The van der Waals surface area contributed by atoms with Gasteiger partial charge in [-0.1, -0.05) is 39.0 Å². The third kappa shape index (κ3) is 3.85. The topological polar surface area (TPSA) is 75.3 Å². The van der Waals surface area contributed by atoms with Gasteiger partial charge >= 0.3 is 0 Å². The quantitative estimate of drug-likeness (QED) is 0.879.